The molecule has 2 aromatic rings. The zero-order chi connectivity index (χ0) is 13.6. The summed E-state index contributed by atoms with van der Waals surface area (Å²) in [6.45, 7) is 1.85. The fraction of sp³-hybridized carbons (Fsp3) is 0.308. The maximum Gasteiger partial charge on any atom is 0.208 e. The minimum atomic E-state index is -0.377. The Morgan fingerprint density at radius 1 is 1.16 bits per heavy atom. The highest BCUT2D eigenvalue weighted by Gasteiger charge is 2.31. The Balaban J connectivity index is 1.94. The highest BCUT2D eigenvalue weighted by atomic mass is 35.5. The molecule has 0 amide bonds. The van der Waals surface area contributed by atoms with Gasteiger partial charge < -0.3 is 9.47 Å². The maximum absolute atomic E-state index is 6.03. The van der Waals surface area contributed by atoms with E-state index in [1.165, 1.54) is 0 Å². The molecular weight excluding hydrogens is 287 g/mol. The topological polar surface area (TPSA) is 36.3 Å². The van der Waals surface area contributed by atoms with Crippen LogP contribution < -0.4 is 0 Å². The minimum Gasteiger partial charge on any atom is -0.318 e. The summed E-state index contributed by atoms with van der Waals surface area (Å²) in [7, 11) is 1.86. The summed E-state index contributed by atoms with van der Waals surface area (Å²) in [6.07, 6.45) is -0.543. The summed E-state index contributed by atoms with van der Waals surface area (Å²) in [5.74, 6) is 0. The molecule has 1 aromatic heterocycles. The molecule has 0 spiro atoms. The van der Waals surface area contributed by atoms with Crippen LogP contribution in [0.5, 0.6) is 0 Å². The van der Waals surface area contributed by atoms with Gasteiger partial charge in [0, 0.05) is 12.6 Å². The van der Waals surface area contributed by atoms with Crippen molar-refractivity contribution in [1.29, 1.82) is 0 Å². The Morgan fingerprint density at radius 3 is 2.53 bits per heavy atom. The highest BCUT2D eigenvalue weighted by Crippen LogP contribution is 2.34. The molecule has 0 bridgehead atoms. The Morgan fingerprint density at radius 2 is 1.89 bits per heavy atom. The highest BCUT2D eigenvalue weighted by molar-refractivity contribution is 6.42. The average molecular weight is 299 g/mol. The SMILES string of the molecule is CC1OC(c2cc(-c3ccc(Cl)c(Cl)c3)n(C)n2)O1. The Kier molecular flexibility index (Phi) is 3.27. The van der Waals surface area contributed by atoms with Crippen molar-refractivity contribution in [2.24, 2.45) is 7.05 Å². The standard InChI is InChI=1S/C13H12Cl2N2O2/c1-7-18-13(19-7)11-6-12(17(2)16-11)8-3-4-9(14)10(15)5-8/h3-7,13H,1-2H3. The van der Waals surface area contributed by atoms with Crippen LogP contribution in [0.3, 0.4) is 0 Å². The van der Waals surface area contributed by atoms with Crippen LogP contribution in [0.1, 0.15) is 18.9 Å². The van der Waals surface area contributed by atoms with E-state index in [9.17, 15) is 0 Å². The third-order valence-electron chi connectivity index (χ3n) is 2.99. The van der Waals surface area contributed by atoms with Crippen molar-refractivity contribution in [3.63, 3.8) is 0 Å². The van der Waals surface area contributed by atoms with Crippen molar-refractivity contribution < 1.29 is 9.47 Å². The summed E-state index contributed by atoms with van der Waals surface area (Å²) >= 11 is 11.9. The predicted octanol–water partition coefficient (Wildman–Crippen LogP) is 3.79. The summed E-state index contributed by atoms with van der Waals surface area (Å²) in [4.78, 5) is 0. The molecule has 4 nitrogen and oxygen atoms in total. The van der Waals surface area contributed by atoms with E-state index < -0.39 is 0 Å². The van der Waals surface area contributed by atoms with Crippen LogP contribution >= 0.6 is 23.2 Å². The first-order chi connectivity index (χ1) is 9.04. The van der Waals surface area contributed by atoms with Gasteiger partial charge in [0.2, 0.25) is 6.29 Å². The lowest BCUT2D eigenvalue weighted by Crippen LogP contribution is -2.31. The van der Waals surface area contributed by atoms with Crippen LogP contribution in [0.25, 0.3) is 11.3 Å². The summed E-state index contributed by atoms with van der Waals surface area (Å²) in [6, 6.07) is 7.41. The van der Waals surface area contributed by atoms with Crippen molar-refractivity contribution in [2.45, 2.75) is 19.5 Å². The number of halogens is 2. The van der Waals surface area contributed by atoms with E-state index in [4.69, 9.17) is 32.7 Å². The summed E-state index contributed by atoms with van der Waals surface area (Å²) < 4.78 is 12.6. The molecule has 19 heavy (non-hydrogen) atoms. The number of aryl methyl sites for hydroxylation is 1. The molecule has 0 radical (unpaired) electrons. The number of rotatable bonds is 2. The van der Waals surface area contributed by atoms with E-state index in [0.29, 0.717) is 10.0 Å². The lowest BCUT2D eigenvalue weighted by molar-refractivity contribution is -0.384. The first-order valence-corrected chi connectivity index (χ1v) is 6.60. The van der Waals surface area contributed by atoms with Gasteiger partial charge in [-0.05, 0) is 25.1 Å². The molecule has 0 atom stereocenters. The monoisotopic (exact) mass is 298 g/mol. The Bertz CT molecular complexity index is 621. The number of hydrogen-bond acceptors (Lipinski definition) is 3. The molecule has 1 aliphatic rings. The van der Waals surface area contributed by atoms with E-state index >= 15 is 0 Å². The molecule has 0 aliphatic carbocycles. The first kappa shape index (κ1) is 12.9. The van der Waals surface area contributed by atoms with Gasteiger partial charge in [-0.25, -0.2) is 0 Å². The molecule has 0 unspecified atom stereocenters. The second-order valence-electron chi connectivity index (χ2n) is 4.38. The number of aromatic nitrogens is 2. The number of ether oxygens (including phenoxy) is 2. The van der Waals surface area contributed by atoms with Gasteiger partial charge in [0.1, 0.15) is 5.69 Å². The quantitative estimate of drug-likeness (QED) is 0.846. The van der Waals surface area contributed by atoms with E-state index in [-0.39, 0.29) is 12.6 Å². The van der Waals surface area contributed by atoms with Crippen molar-refractivity contribution in [1.82, 2.24) is 9.78 Å². The van der Waals surface area contributed by atoms with Gasteiger partial charge in [-0.1, -0.05) is 29.3 Å². The fourth-order valence-corrected chi connectivity index (χ4v) is 2.33. The molecule has 0 saturated carbocycles. The van der Waals surface area contributed by atoms with Gasteiger partial charge in [0.25, 0.3) is 0 Å². The van der Waals surface area contributed by atoms with Crippen LogP contribution in [0.2, 0.25) is 10.0 Å². The lowest BCUT2D eigenvalue weighted by Gasteiger charge is -2.32. The van der Waals surface area contributed by atoms with Gasteiger partial charge in [-0.15, -0.1) is 0 Å². The van der Waals surface area contributed by atoms with Gasteiger partial charge in [-0.2, -0.15) is 5.10 Å². The summed E-state index contributed by atoms with van der Waals surface area (Å²) in [5.41, 5.74) is 2.63. The second-order valence-corrected chi connectivity index (χ2v) is 5.19. The van der Waals surface area contributed by atoms with Gasteiger partial charge >= 0.3 is 0 Å². The van der Waals surface area contributed by atoms with Crippen molar-refractivity contribution in [3.05, 3.63) is 40.0 Å². The molecular formula is C13H12Cl2N2O2. The molecule has 2 heterocycles. The first-order valence-electron chi connectivity index (χ1n) is 5.85. The third kappa shape index (κ3) is 2.37. The van der Waals surface area contributed by atoms with E-state index in [1.54, 1.807) is 10.7 Å². The number of nitrogens with zero attached hydrogens (tertiary/aromatic N) is 2. The Labute approximate surface area is 120 Å². The Hall–Kier alpha value is -1.07. The second kappa shape index (κ2) is 4.80. The average Bonchev–Trinajstić information content (AvgIpc) is 2.70. The van der Waals surface area contributed by atoms with Gasteiger partial charge in [0.15, 0.2) is 6.29 Å². The molecule has 1 saturated heterocycles. The molecule has 100 valence electrons. The van der Waals surface area contributed by atoms with Crippen LogP contribution in [0, 0.1) is 0 Å². The molecule has 6 heteroatoms. The smallest absolute Gasteiger partial charge is 0.208 e. The largest absolute Gasteiger partial charge is 0.318 e. The minimum absolute atomic E-state index is 0.166. The van der Waals surface area contributed by atoms with Crippen molar-refractivity contribution in [3.8, 4) is 11.3 Å². The molecule has 1 aromatic carbocycles. The van der Waals surface area contributed by atoms with E-state index in [2.05, 4.69) is 5.10 Å². The lowest BCUT2D eigenvalue weighted by atomic mass is 10.1. The van der Waals surface area contributed by atoms with Crippen LogP contribution in [-0.2, 0) is 16.5 Å². The van der Waals surface area contributed by atoms with Crippen molar-refractivity contribution in [2.75, 3.05) is 0 Å². The number of benzene rings is 1. The van der Waals surface area contributed by atoms with E-state index in [0.717, 1.165) is 17.0 Å². The molecule has 1 aliphatic heterocycles. The zero-order valence-corrected chi connectivity index (χ0v) is 11.9. The van der Waals surface area contributed by atoms with Crippen LogP contribution in [0.4, 0.5) is 0 Å². The number of hydrogen-bond donors (Lipinski definition) is 0. The zero-order valence-electron chi connectivity index (χ0n) is 10.4. The molecule has 3 rings (SSSR count). The van der Waals surface area contributed by atoms with Crippen LogP contribution in [-0.4, -0.2) is 16.1 Å². The normalized spacial score (nSPS) is 22.3. The molecule has 1 fully saturated rings. The van der Waals surface area contributed by atoms with E-state index in [1.807, 2.05) is 32.2 Å². The fourth-order valence-electron chi connectivity index (χ4n) is 2.03. The van der Waals surface area contributed by atoms with Crippen LogP contribution in [0.15, 0.2) is 24.3 Å². The third-order valence-corrected chi connectivity index (χ3v) is 3.73. The maximum atomic E-state index is 6.03. The van der Waals surface area contributed by atoms with Crippen molar-refractivity contribution >= 4 is 23.2 Å². The molecule has 0 N–H and O–H groups in total. The van der Waals surface area contributed by atoms with Gasteiger partial charge in [-0.3, -0.25) is 4.68 Å². The summed E-state index contributed by atoms with van der Waals surface area (Å²) in [5, 5.41) is 5.44. The van der Waals surface area contributed by atoms with Gasteiger partial charge in [0.05, 0.1) is 15.7 Å². The predicted molar refractivity (Wildman–Crippen MR) is 73.0 cm³/mol.